The normalized spacial score (nSPS) is 12.5. The number of nitrogens with two attached hydrogens (primary N) is 1. The summed E-state index contributed by atoms with van der Waals surface area (Å²) in [5.74, 6) is -0.338. The van der Waals surface area contributed by atoms with Crippen LogP contribution in [0.5, 0.6) is 0 Å². The summed E-state index contributed by atoms with van der Waals surface area (Å²) in [5, 5.41) is 2.57. The first-order valence-corrected chi connectivity index (χ1v) is 10.0. The average Bonchev–Trinajstić information content (AvgIpc) is 2.93. The minimum atomic E-state index is -0.825. The number of carbonyl (C=O) groups excluding carboxylic acids is 2. The largest absolute Gasteiger partial charge is 0.351 e. The van der Waals surface area contributed by atoms with Crippen molar-refractivity contribution in [2.24, 2.45) is 11.7 Å². The number of aromatic nitrogens is 2. The first kappa shape index (κ1) is 20.3. The number of amides is 3. The minimum absolute atomic E-state index is 0.0349. The molecule has 0 radical (unpaired) electrons. The third-order valence-electron chi connectivity index (χ3n) is 4.20. The Morgan fingerprint density at radius 1 is 1.23 bits per heavy atom. The number of unbranched alkanes of at least 4 members (excludes halogenated alkanes) is 3. The SMILES string of the molecule is CCCCCCn1c(S[C@@H](C(=O)NC(N)=O)C(C)C)nc2ccccc21. The van der Waals surface area contributed by atoms with E-state index in [1.54, 1.807) is 0 Å². The molecule has 0 aliphatic rings. The van der Waals surface area contributed by atoms with Crippen molar-refractivity contribution in [1.29, 1.82) is 0 Å². The standard InChI is InChI=1S/C19H28N4O2S/c1-4-5-6-9-12-23-15-11-8-7-10-14(15)21-19(23)26-16(13(2)3)17(24)22-18(20)25/h7-8,10-11,13,16H,4-6,9,12H2,1-3H3,(H3,20,22,24,25)/t16-/m1/s1. The van der Waals surface area contributed by atoms with Gasteiger partial charge in [-0.25, -0.2) is 9.78 Å². The van der Waals surface area contributed by atoms with E-state index >= 15 is 0 Å². The summed E-state index contributed by atoms with van der Waals surface area (Å²) in [6.45, 7) is 6.96. The molecule has 26 heavy (non-hydrogen) atoms. The summed E-state index contributed by atoms with van der Waals surface area (Å²) in [6, 6.07) is 7.18. The molecule has 1 aromatic carbocycles. The highest BCUT2D eigenvalue weighted by Gasteiger charge is 2.27. The van der Waals surface area contributed by atoms with E-state index in [-0.39, 0.29) is 11.8 Å². The smallest absolute Gasteiger partial charge is 0.318 e. The van der Waals surface area contributed by atoms with Crippen LogP contribution in [0.15, 0.2) is 29.4 Å². The molecule has 3 N–H and O–H groups in total. The van der Waals surface area contributed by atoms with Crippen LogP contribution >= 0.6 is 11.8 Å². The van der Waals surface area contributed by atoms with Crippen molar-refractivity contribution in [3.05, 3.63) is 24.3 Å². The second-order valence-electron chi connectivity index (χ2n) is 6.73. The minimum Gasteiger partial charge on any atom is -0.351 e. The Balaban J connectivity index is 2.28. The second kappa shape index (κ2) is 9.62. The molecule has 0 unspecified atom stereocenters. The molecule has 1 atom stereocenters. The molecule has 2 aromatic rings. The van der Waals surface area contributed by atoms with E-state index < -0.39 is 11.3 Å². The van der Waals surface area contributed by atoms with Gasteiger partial charge in [0.15, 0.2) is 5.16 Å². The third-order valence-corrected chi connectivity index (χ3v) is 5.73. The van der Waals surface area contributed by atoms with Crippen LogP contribution in [0.2, 0.25) is 0 Å². The third kappa shape index (κ3) is 5.24. The van der Waals surface area contributed by atoms with Crippen LogP contribution in [-0.4, -0.2) is 26.7 Å². The monoisotopic (exact) mass is 376 g/mol. The summed E-state index contributed by atoms with van der Waals surface area (Å²) in [7, 11) is 0. The number of nitrogens with zero attached hydrogens (tertiary/aromatic N) is 2. The number of nitrogens with one attached hydrogen (secondary N) is 1. The number of carbonyl (C=O) groups is 2. The number of hydrogen-bond acceptors (Lipinski definition) is 4. The molecule has 6 nitrogen and oxygen atoms in total. The van der Waals surface area contributed by atoms with Crippen LogP contribution in [-0.2, 0) is 11.3 Å². The van der Waals surface area contributed by atoms with E-state index in [1.807, 2.05) is 32.0 Å². The highest BCUT2D eigenvalue weighted by atomic mass is 32.2. The Labute approximate surface area is 158 Å². The molecule has 1 aromatic heterocycles. The van der Waals surface area contributed by atoms with Crippen molar-refractivity contribution in [3.63, 3.8) is 0 Å². The lowest BCUT2D eigenvalue weighted by atomic mass is 10.1. The van der Waals surface area contributed by atoms with Gasteiger partial charge in [0, 0.05) is 6.54 Å². The maximum absolute atomic E-state index is 12.4. The Hall–Kier alpha value is -2.02. The molecule has 0 bridgehead atoms. The Morgan fingerprint density at radius 2 is 1.96 bits per heavy atom. The van der Waals surface area contributed by atoms with Gasteiger partial charge in [-0.1, -0.05) is 63.9 Å². The molecule has 2 rings (SSSR count). The molecule has 0 spiro atoms. The van der Waals surface area contributed by atoms with Crippen molar-refractivity contribution in [2.75, 3.05) is 0 Å². The number of fused-ring (bicyclic) bond motifs is 1. The van der Waals surface area contributed by atoms with Gasteiger partial charge in [-0.3, -0.25) is 10.1 Å². The average molecular weight is 377 g/mol. The maximum atomic E-state index is 12.4. The predicted molar refractivity (Wildman–Crippen MR) is 106 cm³/mol. The molecule has 0 saturated heterocycles. The van der Waals surface area contributed by atoms with E-state index in [4.69, 9.17) is 10.7 Å². The number of benzene rings is 1. The van der Waals surface area contributed by atoms with Crippen molar-refractivity contribution in [3.8, 4) is 0 Å². The number of imide groups is 1. The summed E-state index contributed by atoms with van der Waals surface area (Å²) >= 11 is 1.40. The molecule has 0 aliphatic carbocycles. The first-order valence-electron chi connectivity index (χ1n) is 9.16. The van der Waals surface area contributed by atoms with E-state index in [9.17, 15) is 9.59 Å². The second-order valence-corrected chi connectivity index (χ2v) is 7.84. The van der Waals surface area contributed by atoms with Gasteiger partial charge < -0.3 is 10.3 Å². The highest BCUT2D eigenvalue weighted by Crippen LogP contribution is 2.31. The molecule has 1 heterocycles. The lowest BCUT2D eigenvalue weighted by Gasteiger charge is -2.19. The van der Waals surface area contributed by atoms with Gasteiger partial charge in [-0.15, -0.1) is 0 Å². The van der Waals surface area contributed by atoms with Crippen molar-refractivity contribution in [2.45, 2.75) is 63.4 Å². The molecule has 0 saturated carbocycles. The number of aryl methyl sites for hydroxylation is 1. The Bertz CT molecular complexity index is 757. The highest BCUT2D eigenvalue weighted by molar-refractivity contribution is 8.00. The summed E-state index contributed by atoms with van der Waals surface area (Å²) < 4.78 is 2.18. The van der Waals surface area contributed by atoms with Crippen molar-refractivity contribution < 1.29 is 9.59 Å². The fraction of sp³-hybridized carbons (Fsp3) is 0.526. The quantitative estimate of drug-likeness (QED) is 0.512. The number of rotatable bonds is 9. The molecular weight excluding hydrogens is 348 g/mol. The Morgan fingerprint density at radius 3 is 2.62 bits per heavy atom. The van der Waals surface area contributed by atoms with E-state index in [1.165, 1.54) is 31.0 Å². The van der Waals surface area contributed by atoms with Crippen LogP contribution in [0.25, 0.3) is 11.0 Å². The number of para-hydroxylation sites is 2. The van der Waals surface area contributed by atoms with Gasteiger partial charge in [0.2, 0.25) is 5.91 Å². The molecule has 0 aliphatic heterocycles. The van der Waals surface area contributed by atoms with Crippen LogP contribution in [0.3, 0.4) is 0 Å². The fourth-order valence-corrected chi connectivity index (χ4v) is 3.99. The summed E-state index contributed by atoms with van der Waals surface area (Å²) in [4.78, 5) is 28.1. The van der Waals surface area contributed by atoms with Crippen LogP contribution in [0.1, 0.15) is 46.5 Å². The summed E-state index contributed by atoms with van der Waals surface area (Å²) in [5.41, 5.74) is 7.10. The number of thioether (sulfide) groups is 1. The molecular formula is C19H28N4O2S. The molecule has 0 fully saturated rings. The number of urea groups is 1. The molecule has 142 valence electrons. The van der Waals surface area contributed by atoms with Gasteiger partial charge in [-0.2, -0.15) is 0 Å². The topological polar surface area (TPSA) is 90.0 Å². The Kier molecular flexibility index (Phi) is 7.50. The van der Waals surface area contributed by atoms with Crippen molar-refractivity contribution in [1.82, 2.24) is 14.9 Å². The van der Waals surface area contributed by atoms with Gasteiger partial charge in [0.25, 0.3) is 0 Å². The maximum Gasteiger partial charge on any atom is 0.318 e. The first-order chi connectivity index (χ1) is 12.4. The van der Waals surface area contributed by atoms with Gasteiger partial charge in [0.1, 0.15) is 0 Å². The summed E-state index contributed by atoms with van der Waals surface area (Å²) in [6.07, 6.45) is 4.64. The molecule has 7 heteroatoms. The lowest BCUT2D eigenvalue weighted by Crippen LogP contribution is -2.42. The van der Waals surface area contributed by atoms with Crippen LogP contribution in [0, 0.1) is 5.92 Å². The van der Waals surface area contributed by atoms with Crippen molar-refractivity contribution >= 4 is 34.7 Å². The van der Waals surface area contributed by atoms with E-state index in [0.29, 0.717) is 0 Å². The number of imidazole rings is 1. The number of primary amides is 1. The van der Waals surface area contributed by atoms with Gasteiger partial charge in [0.05, 0.1) is 16.3 Å². The fourth-order valence-electron chi connectivity index (χ4n) is 2.85. The zero-order chi connectivity index (χ0) is 19.1. The van der Waals surface area contributed by atoms with Crippen LogP contribution < -0.4 is 11.1 Å². The van der Waals surface area contributed by atoms with Gasteiger partial charge in [-0.05, 0) is 24.5 Å². The zero-order valence-corrected chi connectivity index (χ0v) is 16.5. The predicted octanol–water partition coefficient (Wildman–Crippen LogP) is 3.93. The number of hydrogen-bond donors (Lipinski definition) is 2. The van der Waals surface area contributed by atoms with Gasteiger partial charge >= 0.3 is 6.03 Å². The zero-order valence-electron chi connectivity index (χ0n) is 15.7. The van der Waals surface area contributed by atoms with E-state index in [0.717, 1.165) is 29.2 Å². The van der Waals surface area contributed by atoms with Crippen LogP contribution in [0.4, 0.5) is 4.79 Å². The molecule has 3 amide bonds. The lowest BCUT2D eigenvalue weighted by molar-refractivity contribution is -0.120. The van der Waals surface area contributed by atoms with E-state index in [2.05, 4.69) is 22.9 Å².